The SMILES string of the molecule is CCCc1ccccc1C(C)(F)CNC. The van der Waals surface area contributed by atoms with Gasteiger partial charge in [0.1, 0.15) is 5.67 Å². The average Bonchev–Trinajstić information content (AvgIpc) is 2.19. The van der Waals surface area contributed by atoms with Crippen molar-refractivity contribution in [2.24, 2.45) is 0 Å². The molecule has 0 fully saturated rings. The van der Waals surface area contributed by atoms with E-state index in [0.29, 0.717) is 6.54 Å². The van der Waals surface area contributed by atoms with Crippen LogP contribution in [0.2, 0.25) is 0 Å². The van der Waals surface area contributed by atoms with Gasteiger partial charge in [-0.15, -0.1) is 0 Å². The first kappa shape index (κ1) is 12.2. The molecule has 1 unspecified atom stereocenters. The summed E-state index contributed by atoms with van der Waals surface area (Å²) in [7, 11) is 1.78. The van der Waals surface area contributed by atoms with E-state index >= 15 is 0 Å². The minimum atomic E-state index is -1.28. The van der Waals surface area contributed by atoms with Crippen LogP contribution in [0.25, 0.3) is 0 Å². The topological polar surface area (TPSA) is 12.0 Å². The lowest BCUT2D eigenvalue weighted by molar-refractivity contribution is 0.189. The third-order valence-corrected chi connectivity index (χ3v) is 2.61. The Morgan fingerprint density at radius 1 is 1.33 bits per heavy atom. The van der Waals surface area contributed by atoms with E-state index in [4.69, 9.17) is 0 Å². The highest BCUT2D eigenvalue weighted by Crippen LogP contribution is 2.28. The van der Waals surface area contributed by atoms with Crippen LogP contribution in [0.3, 0.4) is 0 Å². The summed E-state index contributed by atoms with van der Waals surface area (Å²) in [5.74, 6) is 0. The highest BCUT2D eigenvalue weighted by atomic mass is 19.1. The zero-order chi connectivity index (χ0) is 11.3. The fraction of sp³-hybridized carbons (Fsp3) is 0.538. The van der Waals surface area contributed by atoms with Gasteiger partial charge in [0.2, 0.25) is 0 Å². The number of halogens is 1. The molecule has 0 aliphatic heterocycles. The molecule has 0 saturated heterocycles. The minimum Gasteiger partial charge on any atom is -0.316 e. The Morgan fingerprint density at radius 2 is 2.00 bits per heavy atom. The van der Waals surface area contributed by atoms with Gasteiger partial charge in [-0.05, 0) is 31.5 Å². The van der Waals surface area contributed by atoms with Gasteiger partial charge in [0.25, 0.3) is 0 Å². The molecule has 1 aromatic carbocycles. The summed E-state index contributed by atoms with van der Waals surface area (Å²) < 4.78 is 14.3. The van der Waals surface area contributed by atoms with Crippen molar-refractivity contribution in [2.45, 2.75) is 32.4 Å². The molecular weight excluding hydrogens is 189 g/mol. The van der Waals surface area contributed by atoms with Gasteiger partial charge in [0, 0.05) is 6.54 Å². The van der Waals surface area contributed by atoms with Gasteiger partial charge in [-0.3, -0.25) is 0 Å². The number of benzene rings is 1. The molecule has 0 amide bonds. The van der Waals surface area contributed by atoms with E-state index < -0.39 is 5.67 Å². The Balaban J connectivity index is 3.00. The smallest absolute Gasteiger partial charge is 0.145 e. The van der Waals surface area contributed by atoms with Crippen molar-refractivity contribution in [2.75, 3.05) is 13.6 Å². The van der Waals surface area contributed by atoms with Crippen LogP contribution in [0.4, 0.5) is 4.39 Å². The van der Waals surface area contributed by atoms with E-state index in [0.717, 1.165) is 24.0 Å². The summed E-state index contributed by atoms with van der Waals surface area (Å²) >= 11 is 0. The van der Waals surface area contributed by atoms with Crippen molar-refractivity contribution in [3.63, 3.8) is 0 Å². The Labute approximate surface area is 91.7 Å². The van der Waals surface area contributed by atoms with Crippen LogP contribution in [0, 0.1) is 0 Å². The zero-order valence-corrected chi connectivity index (χ0v) is 9.81. The highest BCUT2D eigenvalue weighted by molar-refractivity contribution is 5.32. The first-order valence-corrected chi connectivity index (χ1v) is 5.53. The van der Waals surface area contributed by atoms with Crippen molar-refractivity contribution in [1.29, 1.82) is 0 Å². The fourth-order valence-electron chi connectivity index (χ4n) is 1.94. The van der Waals surface area contributed by atoms with Gasteiger partial charge in [0.05, 0.1) is 0 Å². The van der Waals surface area contributed by atoms with Crippen molar-refractivity contribution in [3.05, 3.63) is 35.4 Å². The number of aryl methyl sites for hydroxylation is 1. The van der Waals surface area contributed by atoms with Crippen molar-refractivity contribution in [3.8, 4) is 0 Å². The number of rotatable bonds is 5. The largest absolute Gasteiger partial charge is 0.316 e. The van der Waals surface area contributed by atoms with E-state index in [1.54, 1.807) is 14.0 Å². The van der Waals surface area contributed by atoms with Crippen LogP contribution < -0.4 is 5.32 Å². The number of nitrogens with one attached hydrogen (secondary N) is 1. The first-order valence-electron chi connectivity index (χ1n) is 5.53. The van der Waals surface area contributed by atoms with Gasteiger partial charge in [0.15, 0.2) is 0 Å². The maximum atomic E-state index is 14.3. The van der Waals surface area contributed by atoms with Gasteiger partial charge < -0.3 is 5.32 Å². The summed E-state index contributed by atoms with van der Waals surface area (Å²) in [6.07, 6.45) is 1.99. The molecule has 0 saturated carbocycles. The van der Waals surface area contributed by atoms with E-state index in [2.05, 4.69) is 12.2 Å². The summed E-state index contributed by atoms with van der Waals surface area (Å²) in [4.78, 5) is 0. The van der Waals surface area contributed by atoms with Gasteiger partial charge >= 0.3 is 0 Å². The van der Waals surface area contributed by atoms with Crippen LogP contribution in [0.5, 0.6) is 0 Å². The summed E-state index contributed by atoms with van der Waals surface area (Å²) in [6.45, 7) is 4.11. The Kier molecular flexibility index (Phi) is 4.28. The molecule has 1 nitrogen and oxygen atoms in total. The molecule has 15 heavy (non-hydrogen) atoms. The molecule has 0 bridgehead atoms. The van der Waals surface area contributed by atoms with E-state index in [1.807, 2.05) is 24.3 Å². The van der Waals surface area contributed by atoms with E-state index in [1.165, 1.54) is 0 Å². The average molecular weight is 209 g/mol. The molecule has 2 heteroatoms. The number of hydrogen-bond acceptors (Lipinski definition) is 1. The minimum absolute atomic E-state index is 0.355. The molecule has 0 spiro atoms. The fourth-order valence-corrected chi connectivity index (χ4v) is 1.94. The van der Waals surface area contributed by atoms with Crippen LogP contribution >= 0.6 is 0 Å². The summed E-state index contributed by atoms with van der Waals surface area (Å²) in [5, 5.41) is 2.90. The molecule has 1 atom stereocenters. The molecule has 0 aromatic heterocycles. The van der Waals surface area contributed by atoms with Gasteiger partial charge in [-0.1, -0.05) is 37.6 Å². The summed E-state index contributed by atoms with van der Waals surface area (Å²) in [5.41, 5.74) is 0.669. The standard InChI is InChI=1S/C13H20FN/c1-4-7-11-8-5-6-9-12(11)13(2,14)10-15-3/h5-6,8-9,15H,4,7,10H2,1-3H3. The lowest BCUT2D eigenvalue weighted by Crippen LogP contribution is -2.30. The van der Waals surface area contributed by atoms with Gasteiger partial charge in [-0.2, -0.15) is 0 Å². The maximum Gasteiger partial charge on any atom is 0.145 e. The maximum absolute atomic E-state index is 14.3. The Hall–Kier alpha value is -0.890. The number of hydrogen-bond donors (Lipinski definition) is 1. The third kappa shape index (κ3) is 3.03. The van der Waals surface area contributed by atoms with Crippen LogP contribution in [0.1, 0.15) is 31.4 Å². The number of alkyl halides is 1. The predicted molar refractivity (Wildman–Crippen MR) is 62.8 cm³/mol. The highest BCUT2D eigenvalue weighted by Gasteiger charge is 2.26. The van der Waals surface area contributed by atoms with E-state index in [9.17, 15) is 4.39 Å². The normalized spacial score (nSPS) is 14.9. The molecule has 1 rings (SSSR count). The van der Waals surface area contributed by atoms with Crippen molar-refractivity contribution < 1.29 is 4.39 Å². The molecule has 0 heterocycles. The molecule has 0 radical (unpaired) electrons. The molecule has 0 aliphatic rings. The third-order valence-electron chi connectivity index (χ3n) is 2.61. The molecule has 0 aliphatic carbocycles. The second-order valence-electron chi connectivity index (χ2n) is 4.13. The van der Waals surface area contributed by atoms with Crippen molar-refractivity contribution >= 4 is 0 Å². The molecule has 84 valence electrons. The van der Waals surface area contributed by atoms with Crippen LogP contribution in [-0.2, 0) is 12.1 Å². The molecule has 1 N–H and O–H groups in total. The van der Waals surface area contributed by atoms with Crippen molar-refractivity contribution in [1.82, 2.24) is 5.32 Å². The van der Waals surface area contributed by atoms with Gasteiger partial charge in [-0.25, -0.2) is 4.39 Å². The predicted octanol–water partition coefficient (Wildman–Crippen LogP) is 3.04. The zero-order valence-electron chi connectivity index (χ0n) is 9.81. The summed E-state index contributed by atoms with van der Waals surface area (Å²) in [6, 6.07) is 7.79. The monoisotopic (exact) mass is 209 g/mol. The second kappa shape index (κ2) is 5.26. The lowest BCUT2D eigenvalue weighted by atomic mass is 9.91. The number of likely N-dealkylation sites (N-methyl/N-ethyl adjacent to an activating group) is 1. The Bertz CT molecular complexity index is 307. The molecular formula is C13H20FN. The quantitative estimate of drug-likeness (QED) is 0.786. The van der Waals surface area contributed by atoms with Crippen LogP contribution in [-0.4, -0.2) is 13.6 Å². The Morgan fingerprint density at radius 3 is 2.60 bits per heavy atom. The van der Waals surface area contributed by atoms with Crippen LogP contribution in [0.15, 0.2) is 24.3 Å². The second-order valence-corrected chi connectivity index (χ2v) is 4.13. The first-order chi connectivity index (χ1) is 7.11. The lowest BCUT2D eigenvalue weighted by Gasteiger charge is -2.23. The van der Waals surface area contributed by atoms with E-state index in [-0.39, 0.29) is 0 Å². The molecule has 1 aromatic rings.